The number of rotatable bonds is 15. The first-order chi connectivity index (χ1) is 22.0. The van der Waals surface area contributed by atoms with Crippen LogP contribution in [0.1, 0.15) is 50.0 Å². The van der Waals surface area contributed by atoms with Gasteiger partial charge in [0.05, 0.1) is 0 Å². The maximum Gasteiger partial charge on any atom is 0.246 e. The van der Waals surface area contributed by atoms with Gasteiger partial charge in [-0.1, -0.05) is 54.6 Å². The van der Waals surface area contributed by atoms with Crippen molar-refractivity contribution in [3.8, 4) is 0 Å². The number of carbonyl (C=O) groups excluding carboxylic acids is 3. The van der Waals surface area contributed by atoms with E-state index in [0.717, 1.165) is 40.6 Å². The van der Waals surface area contributed by atoms with Gasteiger partial charge in [0.2, 0.25) is 17.7 Å². The predicted molar refractivity (Wildman–Crippen MR) is 189 cm³/mol. The minimum atomic E-state index is -0.800. The van der Waals surface area contributed by atoms with E-state index < -0.39 is 12.1 Å². The van der Waals surface area contributed by atoms with E-state index in [0.29, 0.717) is 31.8 Å². The Morgan fingerprint density at radius 2 is 1.78 bits per heavy atom. The summed E-state index contributed by atoms with van der Waals surface area (Å²) in [6.45, 7) is 5.78. The molecule has 8 nitrogen and oxygen atoms in total. The molecule has 3 unspecified atom stereocenters. The smallest absolute Gasteiger partial charge is 0.246 e. The van der Waals surface area contributed by atoms with Gasteiger partial charge in [-0.05, 0) is 94.0 Å². The minimum absolute atomic E-state index is 0.161. The Labute approximate surface area is 278 Å². The second-order valence-corrected chi connectivity index (χ2v) is 14.2. The van der Waals surface area contributed by atoms with Gasteiger partial charge in [-0.3, -0.25) is 14.4 Å². The van der Waals surface area contributed by atoms with Crippen LogP contribution in [0.5, 0.6) is 0 Å². The highest BCUT2D eigenvalue weighted by Crippen LogP contribution is 2.22. The van der Waals surface area contributed by atoms with Crippen LogP contribution in [0.3, 0.4) is 0 Å². The molecule has 9 heteroatoms. The van der Waals surface area contributed by atoms with Gasteiger partial charge in [0.25, 0.3) is 0 Å². The third-order valence-corrected chi connectivity index (χ3v) is 10.3. The summed E-state index contributed by atoms with van der Waals surface area (Å²) in [6, 6.07) is 17.2. The number of likely N-dealkylation sites (N-methyl/N-ethyl adjacent to an activating group) is 2. The number of hydrogen-bond donors (Lipinski definition) is 2. The molecule has 248 valence electrons. The summed E-state index contributed by atoms with van der Waals surface area (Å²) in [5, 5.41) is 10.6. The molecule has 1 aliphatic heterocycles. The third kappa shape index (κ3) is 9.50. The Hall–Kier alpha value is -3.53. The highest BCUT2D eigenvalue weighted by Gasteiger charge is 2.35. The fraction of sp³-hybridized carbons (Fsp3) is 0.486. The van der Waals surface area contributed by atoms with Crippen molar-refractivity contribution in [3.63, 3.8) is 0 Å². The zero-order valence-corrected chi connectivity index (χ0v) is 29.1. The normalized spacial score (nSPS) is 16.9. The molecule has 0 spiro atoms. The highest BCUT2D eigenvalue weighted by atomic mass is 32.1. The van der Waals surface area contributed by atoms with Crippen LogP contribution >= 0.6 is 11.3 Å². The zero-order valence-electron chi connectivity index (χ0n) is 28.3. The Bertz CT molecular complexity index is 1490. The third-order valence-electron chi connectivity index (χ3n) is 9.45. The minimum Gasteiger partial charge on any atom is -0.354 e. The van der Waals surface area contributed by atoms with Crippen LogP contribution in [-0.4, -0.2) is 97.4 Å². The van der Waals surface area contributed by atoms with Crippen LogP contribution in [0, 0.1) is 0 Å². The molecule has 1 fully saturated rings. The number of nitrogens with one attached hydrogen (secondary N) is 2. The lowest BCUT2D eigenvalue weighted by Crippen LogP contribution is -2.56. The van der Waals surface area contributed by atoms with E-state index in [1.165, 1.54) is 11.3 Å². The number of benzene rings is 2. The number of hydrogen-bond acceptors (Lipinski definition) is 6. The second-order valence-electron chi connectivity index (χ2n) is 13.2. The Kier molecular flexibility index (Phi) is 12.5. The van der Waals surface area contributed by atoms with Crippen molar-refractivity contribution >= 4 is 39.8 Å². The lowest BCUT2D eigenvalue weighted by molar-refractivity contribution is -0.146. The van der Waals surface area contributed by atoms with Gasteiger partial charge in [0, 0.05) is 49.9 Å². The summed E-state index contributed by atoms with van der Waals surface area (Å²) < 4.78 is 0. The maximum absolute atomic E-state index is 14.5. The van der Waals surface area contributed by atoms with E-state index in [2.05, 4.69) is 48.6 Å². The quantitative estimate of drug-likeness (QED) is 0.230. The van der Waals surface area contributed by atoms with Gasteiger partial charge in [0.1, 0.15) is 12.1 Å². The molecule has 2 N–H and O–H groups in total. The molecule has 3 atom stereocenters. The van der Waals surface area contributed by atoms with Crippen LogP contribution in [-0.2, 0) is 27.2 Å². The molecule has 3 amide bonds. The van der Waals surface area contributed by atoms with E-state index in [-0.39, 0.29) is 23.3 Å². The monoisotopic (exact) mass is 645 g/mol. The van der Waals surface area contributed by atoms with E-state index in [4.69, 9.17) is 0 Å². The number of carbonyl (C=O) groups is 3. The molecule has 46 heavy (non-hydrogen) atoms. The highest BCUT2D eigenvalue weighted by molar-refractivity contribution is 7.09. The first-order valence-corrected chi connectivity index (χ1v) is 17.2. The van der Waals surface area contributed by atoms with Gasteiger partial charge in [-0.25, -0.2) is 0 Å². The van der Waals surface area contributed by atoms with Gasteiger partial charge in [0.15, 0.2) is 0 Å². The van der Waals surface area contributed by atoms with Crippen molar-refractivity contribution in [3.05, 3.63) is 82.6 Å². The number of nitrogens with zero attached hydrogens (tertiary/aromatic N) is 3. The second kappa shape index (κ2) is 16.3. The molecule has 1 saturated heterocycles. The molecule has 0 aliphatic carbocycles. The van der Waals surface area contributed by atoms with E-state index in [9.17, 15) is 14.4 Å². The maximum atomic E-state index is 14.5. The van der Waals surface area contributed by atoms with Gasteiger partial charge in [-0.2, -0.15) is 0 Å². The summed E-state index contributed by atoms with van der Waals surface area (Å²) >= 11 is 1.58. The largest absolute Gasteiger partial charge is 0.354 e. The summed E-state index contributed by atoms with van der Waals surface area (Å²) in [4.78, 5) is 48.2. The van der Waals surface area contributed by atoms with Gasteiger partial charge in [-0.15, -0.1) is 11.3 Å². The number of amides is 3. The zero-order chi connectivity index (χ0) is 33.3. The molecule has 3 aromatic rings. The van der Waals surface area contributed by atoms with Crippen molar-refractivity contribution in [1.29, 1.82) is 0 Å². The average molecular weight is 646 g/mol. The standard InChI is InChI=1S/C37H51N5O3S/c1-37(2,38-3)20-9-16-34(43)41(5)33(25-27-17-18-28-12-7-8-13-29(28)24-27)36(45)42(6)32(26-31-15-11-23-46-31)35(44)39-21-19-30-14-10-22-40(30)4/h7-9,11-13,15-18,23-24,30,32-33,38H,10,14,19-22,25-26H2,1-6H3,(H,39,44)/b16-9+. The Morgan fingerprint density at radius 1 is 1.02 bits per heavy atom. The summed E-state index contributed by atoms with van der Waals surface area (Å²) in [7, 11) is 7.41. The first-order valence-electron chi connectivity index (χ1n) is 16.4. The van der Waals surface area contributed by atoms with Crippen molar-refractivity contribution in [2.45, 2.75) is 76.0 Å². The van der Waals surface area contributed by atoms with E-state index in [1.54, 1.807) is 36.4 Å². The Morgan fingerprint density at radius 3 is 2.46 bits per heavy atom. The molecular formula is C37H51N5O3S. The van der Waals surface area contributed by atoms with Crippen LogP contribution in [0.4, 0.5) is 0 Å². The topological polar surface area (TPSA) is 85.0 Å². The molecule has 0 bridgehead atoms. The van der Waals surface area contributed by atoms with Crippen LogP contribution in [0.2, 0.25) is 0 Å². The molecule has 4 rings (SSSR count). The number of fused-ring (bicyclic) bond motifs is 1. The number of likely N-dealkylation sites (tertiary alicyclic amines) is 1. The summed E-state index contributed by atoms with van der Waals surface area (Å²) in [5.74, 6) is -0.683. The van der Waals surface area contributed by atoms with Crippen molar-refractivity contribution in [1.82, 2.24) is 25.3 Å². The van der Waals surface area contributed by atoms with Crippen molar-refractivity contribution in [2.75, 3.05) is 41.3 Å². The first kappa shape index (κ1) is 35.3. The van der Waals surface area contributed by atoms with Crippen LogP contribution in [0.25, 0.3) is 10.8 Å². The number of thiophene rings is 1. The lowest BCUT2D eigenvalue weighted by atomic mass is 9.98. The molecule has 1 aliphatic rings. The van der Waals surface area contributed by atoms with Gasteiger partial charge < -0.3 is 25.3 Å². The molecule has 0 radical (unpaired) electrons. The van der Waals surface area contributed by atoms with Crippen molar-refractivity contribution in [2.24, 2.45) is 0 Å². The average Bonchev–Trinajstić information content (AvgIpc) is 3.72. The van der Waals surface area contributed by atoms with E-state index in [1.807, 2.05) is 61.0 Å². The fourth-order valence-electron chi connectivity index (χ4n) is 6.04. The molecule has 0 saturated carbocycles. The fourth-order valence-corrected chi connectivity index (χ4v) is 6.79. The van der Waals surface area contributed by atoms with Crippen molar-refractivity contribution < 1.29 is 14.4 Å². The molecular weight excluding hydrogens is 595 g/mol. The molecule has 1 aromatic heterocycles. The molecule has 2 heterocycles. The van der Waals surface area contributed by atoms with E-state index >= 15 is 0 Å². The van der Waals surface area contributed by atoms with Crippen LogP contribution < -0.4 is 10.6 Å². The summed E-state index contributed by atoms with van der Waals surface area (Å²) in [5.41, 5.74) is 0.788. The predicted octanol–water partition coefficient (Wildman–Crippen LogP) is 4.89. The summed E-state index contributed by atoms with van der Waals surface area (Å²) in [6.07, 6.45) is 8.00. The lowest BCUT2D eigenvalue weighted by Gasteiger charge is -2.34. The SMILES string of the molecule is CNC(C)(C)C/C=C/C(=O)N(C)C(Cc1ccc2ccccc2c1)C(=O)N(C)C(Cc1cccs1)C(=O)NCCC1CCCN1C. The molecule has 2 aromatic carbocycles. The van der Waals surface area contributed by atoms with Crippen LogP contribution in [0.15, 0.2) is 72.1 Å². The van der Waals surface area contributed by atoms with Gasteiger partial charge >= 0.3 is 0 Å². The Balaban J connectivity index is 1.57.